The number of rotatable bonds is 6. The molecule has 1 atom stereocenters. The van der Waals surface area contributed by atoms with Gasteiger partial charge in [-0.3, -0.25) is 4.79 Å². The van der Waals surface area contributed by atoms with E-state index >= 15 is 0 Å². The lowest BCUT2D eigenvalue weighted by Crippen LogP contribution is -2.48. The third kappa shape index (κ3) is 4.73. The van der Waals surface area contributed by atoms with Gasteiger partial charge in [0.1, 0.15) is 0 Å². The van der Waals surface area contributed by atoms with Crippen molar-refractivity contribution in [2.45, 2.75) is 58.4 Å². The van der Waals surface area contributed by atoms with Crippen molar-refractivity contribution in [3.63, 3.8) is 0 Å². The molecular formula is C14H26N2O3. The van der Waals surface area contributed by atoms with Crippen molar-refractivity contribution < 1.29 is 14.7 Å². The molecule has 0 aromatic rings. The first-order valence-corrected chi connectivity index (χ1v) is 7.37. The van der Waals surface area contributed by atoms with Crippen LogP contribution in [-0.4, -0.2) is 41.1 Å². The summed E-state index contributed by atoms with van der Waals surface area (Å²) in [5.74, 6) is -1.34. The van der Waals surface area contributed by atoms with Crippen molar-refractivity contribution in [1.82, 2.24) is 10.2 Å². The summed E-state index contributed by atoms with van der Waals surface area (Å²) >= 11 is 0. The van der Waals surface area contributed by atoms with Gasteiger partial charge in [-0.25, -0.2) is 4.79 Å². The predicted molar refractivity (Wildman–Crippen MR) is 74.1 cm³/mol. The zero-order valence-corrected chi connectivity index (χ0v) is 12.0. The molecule has 1 fully saturated rings. The molecule has 2 amide bonds. The number of carboxylic acids is 1. The Morgan fingerprint density at radius 2 is 1.89 bits per heavy atom. The van der Waals surface area contributed by atoms with Gasteiger partial charge < -0.3 is 15.3 Å². The number of amides is 2. The molecule has 1 aliphatic carbocycles. The molecule has 110 valence electrons. The van der Waals surface area contributed by atoms with Crippen LogP contribution in [0.15, 0.2) is 0 Å². The van der Waals surface area contributed by atoms with Gasteiger partial charge in [-0.1, -0.05) is 26.2 Å². The highest BCUT2D eigenvalue weighted by Crippen LogP contribution is 2.22. The zero-order chi connectivity index (χ0) is 14.3. The van der Waals surface area contributed by atoms with E-state index in [0.717, 1.165) is 12.8 Å². The second-order valence-electron chi connectivity index (χ2n) is 5.21. The van der Waals surface area contributed by atoms with E-state index in [1.165, 1.54) is 19.3 Å². The van der Waals surface area contributed by atoms with E-state index in [4.69, 9.17) is 5.11 Å². The summed E-state index contributed by atoms with van der Waals surface area (Å²) < 4.78 is 0. The Morgan fingerprint density at radius 3 is 2.37 bits per heavy atom. The van der Waals surface area contributed by atoms with Crippen LogP contribution in [0.4, 0.5) is 4.79 Å². The van der Waals surface area contributed by atoms with Gasteiger partial charge in [0, 0.05) is 19.1 Å². The molecule has 1 unspecified atom stereocenters. The Kier molecular flexibility index (Phi) is 6.67. The molecule has 1 saturated carbocycles. The minimum Gasteiger partial charge on any atom is -0.481 e. The molecule has 0 aromatic heterocycles. The lowest BCUT2D eigenvalue weighted by molar-refractivity contribution is -0.141. The quantitative estimate of drug-likeness (QED) is 0.779. The van der Waals surface area contributed by atoms with Gasteiger partial charge in [-0.2, -0.15) is 0 Å². The second-order valence-corrected chi connectivity index (χ2v) is 5.21. The van der Waals surface area contributed by atoms with E-state index < -0.39 is 11.9 Å². The van der Waals surface area contributed by atoms with Crippen LogP contribution in [0.3, 0.4) is 0 Å². The molecular weight excluding hydrogens is 244 g/mol. The third-order valence-electron chi connectivity index (χ3n) is 3.96. The van der Waals surface area contributed by atoms with Crippen molar-refractivity contribution in [2.24, 2.45) is 5.92 Å². The normalized spacial score (nSPS) is 17.8. The molecule has 5 heteroatoms. The molecule has 0 aliphatic heterocycles. The molecule has 0 bridgehead atoms. The largest absolute Gasteiger partial charge is 0.481 e. The number of carboxylic acid groups (broad SMARTS) is 1. The van der Waals surface area contributed by atoms with Gasteiger partial charge in [-0.15, -0.1) is 0 Å². The highest BCUT2D eigenvalue weighted by atomic mass is 16.4. The van der Waals surface area contributed by atoms with Crippen LogP contribution in [-0.2, 0) is 4.79 Å². The van der Waals surface area contributed by atoms with Gasteiger partial charge >= 0.3 is 12.0 Å². The molecule has 19 heavy (non-hydrogen) atoms. The van der Waals surface area contributed by atoms with Gasteiger partial charge in [-0.05, 0) is 26.2 Å². The molecule has 0 radical (unpaired) electrons. The molecule has 1 aliphatic rings. The first kappa shape index (κ1) is 15.8. The highest BCUT2D eigenvalue weighted by Gasteiger charge is 2.25. The Bertz CT molecular complexity index is 301. The van der Waals surface area contributed by atoms with Crippen molar-refractivity contribution in [3.05, 3.63) is 0 Å². The third-order valence-corrected chi connectivity index (χ3v) is 3.96. The lowest BCUT2D eigenvalue weighted by atomic mass is 9.94. The first-order chi connectivity index (χ1) is 9.10. The van der Waals surface area contributed by atoms with Crippen LogP contribution in [0.2, 0.25) is 0 Å². The maximum atomic E-state index is 12.1. The van der Waals surface area contributed by atoms with Gasteiger partial charge in [0.25, 0.3) is 0 Å². The molecule has 0 spiro atoms. The lowest BCUT2D eigenvalue weighted by Gasteiger charge is -2.33. The topological polar surface area (TPSA) is 69.6 Å². The smallest absolute Gasteiger partial charge is 0.317 e. The van der Waals surface area contributed by atoms with E-state index in [1.54, 1.807) is 0 Å². The van der Waals surface area contributed by atoms with Crippen molar-refractivity contribution in [3.8, 4) is 0 Å². The van der Waals surface area contributed by atoms with Crippen LogP contribution in [0.5, 0.6) is 0 Å². The summed E-state index contributed by atoms with van der Waals surface area (Å²) in [6, 6.07) is 0.206. The number of urea groups is 1. The fourth-order valence-corrected chi connectivity index (χ4v) is 2.68. The molecule has 5 nitrogen and oxygen atoms in total. The summed E-state index contributed by atoms with van der Waals surface area (Å²) in [7, 11) is 0. The number of carbonyl (C=O) groups is 2. The SMILES string of the molecule is CCC(CNC(=O)N(CC)C1CCCCC1)C(=O)O. The van der Waals surface area contributed by atoms with Crippen molar-refractivity contribution in [1.29, 1.82) is 0 Å². The number of hydrogen-bond donors (Lipinski definition) is 2. The van der Waals surface area contributed by atoms with E-state index in [0.29, 0.717) is 19.0 Å². The number of nitrogens with zero attached hydrogens (tertiary/aromatic N) is 1. The summed E-state index contributed by atoms with van der Waals surface area (Å²) in [5, 5.41) is 11.7. The average Bonchev–Trinajstić information content (AvgIpc) is 2.41. The Hall–Kier alpha value is -1.26. The van der Waals surface area contributed by atoms with E-state index in [9.17, 15) is 9.59 Å². The van der Waals surface area contributed by atoms with Crippen molar-refractivity contribution in [2.75, 3.05) is 13.1 Å². The Balaban J connectivity index is 2.46. The minimum absolute atomic E-state index is 0.117. The maximum Gasteiger partial charge on any atom is 0.317 e. The predicted octanol–water partition coefficient (Wildman–Crippen LogP) is 2.46. The standard InChI is InChI=1S/C14H26N2O3/c1-3-11(13(17)18)10-15-14(19)16(4-2)12-8-6-5-7-9-12/h11-12H,3-10H2,1-2H3,(H,15,19)(H,17,18). The number of nitrogens with one attached hydrogen (secondary N) is 1. The number of hydrogen-bond acceptors (Lipinski definition) is 2. The van der Waals surface area contributed by atoms with Gasteiger partial charge in [0.05, 0.1) is 5.92 Å². The van der Waals surface area contributed by atoms with Crippen LogP contribution in [0, 0.1) is 5.92 Å². The molecule has 0 heterocycles. The summed E-state index contributed by atoms with van der Waals surface area (Å²) in [4.78, 5) is 24.9. The Morgan fingerprint density at radius 1 is 1.26 bits per heavy atom. The summed E-state index contributed by atoms with van der Waals surface area (Å²) in [6.07, 6.45) is 6.29. The van der Waals surface area contributed by atoms with E-state index in [-0.39, 0.29) is 12.6 Å². The number of aliphatic carboxylic acids is 1. The second kappa shape index (κ2) is 8.02. The van der Waals surface area contributed by atoms with Gasteiger partial charge in [0.15, 0.2) is 0 Å². The van der Waals surface area contributed by atoms with E-state index in [1.807, 2.05) is 18.7 Å². The molecule has 0 saturated heterocycles. The van der Waals surface area contributed by atoms with E-state index in [2.05, 4.69) is 5.32 Å². The first-order valence-electron chi connectivity index (χ1n) is 7.37. The van der Waals surface area contributed by atoms with Crippen LogP contribution < -0.4 is 5.32 Å². The molecule has 0 aromatic carbocycles. The summed E-state index contributed by atoms with van der Waals surface area (Å²) in [5.41, 5.74) is 0. The summed E-state index contributed by atoms with van der Waals surface area (Å²) in [6.45, 7) is 4.70. The molecule has 1 rings (SSSR count). The van der Waals surface area contributed by atoms with Crippen LogP contribution in [0.25, 0.3) is 0 Å². The minimum atomic E-state index is -0.844. The maximum absolute atomic E-state index is 12.1. The monoisotopic (exact) mass is 270 g/mol. The van der Waals surface area contributed by atoms with Gasteiger partial charge in [0.2, 0.25) is 0 Å². The van der Waals surface area contributed by atoms with Crippen LogP contribution >= 0.6 is 0 Å². The molecule has 2 N–H and O–H groups in total. The number of carbonyl (C=O) groups excluding carboxylic acids is 1. The fraction of sp³-hybridized carbons (Fsp3) is 0.857. The van der Waals surface area contributed by atoms with Crippen molar-refractivity contribution >= 4 is 12.0 Å². The zero-order valence-electron chi connectivity index (χ0n) is 12.0. The van der Waals surface area contributed by atoms with Crippen LogP contribution in [0.1, 0.15) is 52.4 Å². The Labute approximate surface area is 115 Å². The average molecular weight is 270 g/mol. The highest BCUT2D eigenvalue weighted by molar-refractivity contribution is 5.76. The fourth-order valence-electron chi connectivity index (χ4n) is 2.68.